The SMILES string of the molecule is COc1ccc(Nc2cc(NCc3ccccc3C)nc(C)n2)cc1. The van der Waals surface area contributed by atoms with Crippen molar-refractivity contribution in [1.29, 1.82) is 0 Å². The summed E-state index contributed by atoms with van der Waals surface area (Å²) >= 11 is 0. The third-order valence-electron chi connectivity index (χ3n) is 3.92. The molecule has 0 fully saturated rings. The van der Waals surface area contributed by atoms with Crippen molar-refractivity contribution in [2.75, 3.05) is 17.7 Å². The third kappa shape index (κ3) is 4.47. The molecule has 0 unspecified atom stereocenters. The van der Waals surface area contributed by atoms with Gasteiger partial charge in [0, 0.05) is 18.3 Å². The Kier molecular flexibility index (Phi) is 5.14. The van der Waals surface area contributed by atoms with Gasteiger partial charge in [0.1, 0.15) is 23.2 Å². The van der Waals surface area contributed by atoms with Crippen molar-refractivity contribution in [3.05, 3.63) is 71.5 Å². The van der Waals surface area contributed by atoms with Gasteiger partial charge in [0.05, 0.1) is 7.11 Å². The molecule has 128 valence electrons. The Balaban J connectivity index is 1.72. The highest BCUT2D eigenvalue weighted by Crippen LogP contribution is 2.20. The summed E-state index contributed by atoms with van der Waals surface area (Å²) < 4.78 is 5.18. The molecule has 1 aromatic heterocycles. The van der Waals surface area contributed by atoms with E-state index in [2.05, 4.69) is 39.7 Å². The predicted octanol–water partition coefficient (Wildman–Crippen LogP) is 4.46. The Hall–Kier alpha value is -3.08. The van der Waals surface area contributed by atoms with E-state index >= 15 is 0 Å². The molecule has 0 radical (unpaired) electrons. The number of nitrogens with one attached hydrogen (secondary N) is 2. The quantitative estimate of drug-likeness (QED) is 0.697. The van der Waals surface area contributed by atoms with Crippen molar-refractivity contribution in [3.8, 4) is 5.75 Å². The molecule has 1 heterocycles. The molecule has 0 saturated carbocycles. The summed E-state index contributed by atoms with van der Waals surface area (Å²) in [4.78, 5) is 8.92. The average Bonchev–Trinajstić information content (AvgIpc) is 2.61. The van der Waals surface area contributed by atoms with E-state index in [0.717, 1.165) is 29.6 Å². The first-order valence-corrected chi connectivity index (χ1v) is 8.19. The summed E-state index contributed by atoms with van der Waals surface area (Å²) in [5, 5.41) is 6.68. The molecule has 3 aromatic rings. The summed E-state index contributed by atoms with van der Waals surface area (Å²) in [6.07, 6.45) is 0. The lowest BCUT2D eigenvalue weighted by molar-refractivity contribution is 0.415. The van der Waals surface area contributed by atoms with Gasteiger partial charge in [0.2, 0.25) is 0 Å². The second-order valence-electron chi connectivity index (χ2n) is 5.82. The van der Waals surface area contributed by atoms with Crippen molar-refractivity contribution < 1.29 is 4.74 Å². The second kappa shape index (κ2) is 7.66. The maximum absolute atomic E-state index is 5.18. The van der Waals surface area contributed by atoms with Crippen molar-refractivity contribution in [3.63, 3.8) is 0 Å². The van der Waals surface area contributed by atoms with Gasteiger partial charge in [-0.25, -0.2) is 9.97 Å². The van der Waals surface area contributed by atoms with E-state index in [-0.39, 0.29) is 0 Å². The summed E-state index contributed by atoms with van der Waals surface area (Å²) in [7, 11) is 1.66. The number of anilines is 3. The molecule has 2 N–H and O–H groups in total. The number of aromatic nitrogens is 2. The van der Waals surface area contributed by atoms with Crippen molar-refractivity contribution >= 4 is 17.3 Å². The molecule has 0 amide bonds. The van der Waals surface area contributed by atoms with Crippen molar-refractivity contribution in [2.24, 2.45) is 0 Å². The number of benzene rings is 2. The van der Waals surface area contributed by atoms with Crippen LogP contribution in [0, 0.1) is 13.8 Å². The minimum absolute atomic E-state index is 0.714. The van der Waals surface area contributed by atoms with Crippen LogP contribution in [0.5, 0.6) is 5.75 Å². The van der Waals surface area contributed by atoms with Gasteiger partial charge < -0.3 is 15.4 Å². The molecule has 0 atom stereocenters. The Labute approximate surface area is 148 Å². The van der Waals surface area contributed by atoms with E-state index in [9.17, 15) is 0 Å². The van der Waals surface area contributed by atoms with E-state index in [1.54, 1.807) is 7.11 Å². The van der Waals surface area contributed by atoms with Gasteiger partial charge in [-0.15, -0.1) is 0 Å². The smallest absolute Gasteiger partial charge is 0.136 e. The molecule has 0 aliphatic heterocycles. The first-order chi connectivity index (χ1) is 12.1. The van der Waals surface area contributed by atoms with Crippen LogP contribution in [0.3, 0.4) is 0 Å². The number of hydrogen-bond acceptors (Lipinski definition) is 5. The topological polar surface area (TPSA) is 59.1 Å². The van der Waals surface area contributed by atoms with Gasteiger partial charge in [-0.1, -0.05) is 24.3 Å². The number of hydrogen-bond donors (Lipinski definition) is 2. The lowest BCUT2D eigenvalue weighted by Crippen LogP contribution is -2.06. The summed E-state index contributed by atoms with van der Waals surface area (Å²) in [5.41, 5.74) is 3.46. The van der Waals surface area contributed by atoms with E-state index < -0.39 is 0 Å². The highest BCUT2D eigenvalue weighted by Gasteiger charge is 2.04. The van der Waals surface area contributed by atoms with Crippen molar-refractivity contribution in [2.45, 2.75) is 20.4 Å². The number of ether oxygens (including phenoxy) is 1. The fourth-order valence-electron chi connectivity index (χ4n) is 2.54. The molecule has 0 aliphatic carbocycles. The highest BCUT2D eigenvalue weighted by molar-refractivity contribution is 5.60. The van der Waals surface area contributed by atoms with E-state index in [0.29, 0.717) is 5.82 Å². The van der Waals surface area contributed by atoms with Crippen LogP contribution in [0.4, 0.5) is 17.3 Å². The van der Waals surface area contributed by atoms with E-state index in [1.807, 2.05) is 49.4 Å². The zero-order valence-electron chi connectivity index (χ0n) is 14.7. The fraction of sp³-hybridized carbons (Fsp3) is 0.200. The van der Waals surface area contributed by atoms with Gasteiger partial charge in [0.25, 0.3) is 0 Å². The van der Waals surface area contributed by atoms with E-state index in [4.69, 9.17) is 4.74 Å². The Morgan fingerprint density at radius 3 is 2.36 bits per heavy atom. The second-order valence-corrected chi connectivity index (χ2v) is 5.82. The molecular weight excluding hydrogens is 312 g/mol. The monoisotopic (exact) mass is 334 g/mol. The average molecular weight is 334 g/mol. The van der Waals surface area contributed by atoms with Gasteiger partial charge >= 0.3 is 0 Å². The number of nitrogens with zero attached hydrogens (tertiary/aromatic N) is 2. The molecule has 5 heteroatoms. The highest BCUT2D eigenvalue weighted by atomic mass is 16.5. The lowest BCUT2D eigenvalue weighted by Gasteiger charge is -2.11. The maximum Gasteiger partial charge on any atom is 0.136 e. The summed E-state index contributed by atoms with van der Waals surface area (Å²) in [5.74, 6) is 3.09. The van der Waals surface area contributed by atoms with Gasteiger partial charge in [-0.3, -0.25) is 0 Å². The minimum atomic E-state index is 0.714. The molecule has 0 aliphatic rings. The maximum atomic E-state index is 5.18. The molecule has 0 saturated heterocycles. The third-order valence-corrected chi connectivity index (χ3v) is 3.92. The van der Waals surface area contributed by atoms with Crippen molar-refractivity contribution in [1.82, 2.24) is 9.97 Å². The zero-order chi connectivity index (χ0) is 17.6. The lowest BCUT2D eigenvalue weighted by atomic mass is 10.1. The molecule has 0 spiro atoms. The Morgan fingerprint density at radius 2 is 1.64 bits per heavy atom. The van der Waals surface area contributed by atoms with Crippen LogP contribution in [0.2, 0.25) is 0 Å². The first-order valence-electron chi connectivity index (χ1n) is 8.19. The molecule has 0 bridgehead atoms. The van der Waals surface area contributed by atoms with Crippen LogP contribution in [0.15, 0.2) is 54.6 Å². The minimum Gasteiger partial charge on any atom is -0.497 e. The predicted molar refractivity (Wildman–Crippen MR) is 102 cm³/mol. The number of methoxy groups -OCH3 is 1. The van der Waals surface area contributed by atoms with Crippen LogP contribution < -0.4 is 15.4 Å². The van der Waals surface area contributed by atoms with Crippen LogP contribution in [0.1, 0.15) is 17.0 Å². The molecular formula is C20H22N4O. The molecule has 3 rings (SSSR count). The van der Waals surface area contributed by atoms with Crippen LogP contribution >= 0.6 is 0 Å². The fourth-order valence-corrected chi connectivity index (χ4v) is 2.54. The Morgan fingerprint density at radius 1 is 0.920 bits per heavy atom. The van der Waals surface area contributed by atoms with Crippen LogP contribution in [-0.2, 0) is 6.54 Å². The van der Waals surface area contributed by atoms with Crippen LogP contribution in [0.25, 0.3) is 0 Å². The first kappa shape index (κ1) is 16.8. The molecule has 5 nitrogen and oxygen atoms in total. The normalized spacial score (nSPS) is 10.4. The summed E-state index contributed by atoms with van der Waals surface area (Å²) in [6.45, 7) is 4.72. The standard InChI is InChI=1S/C20H22N4O/c1-14-6-4-5-7-16(14)13-21-19-12-20(23-15(2)22-19)24-17-8-10-18(25-3)11-9-17/h4-12H,13H2,1-3H3,(H2,21,22,23,24). The molecule has 25 heavy (non-hydrogen) atoms. The van der Waals surface area contributed by atoms with Gasteiger partial charge in [0.15, 0.2) is 0 Å². The van der Waals surface area contributed by atoms with Gasteiger partial charge in [-0.05, 0) is 49.2 Å². The van der Waals surface area contributed by atoms with Crippen LogP contribution in [-0.4, -0.2) is 17.1 Å². The largest absolute Gasteiger partial charge is 0.497 e. The molecule has 2 aromatic carbocycles. The zero-order valence-corrected chi connectivity index (χ0v) is 14.7. The summed E-state index contributed by atoms with van der Waals surface area (Å²) in [6, 6.07) is 18.0. The number of aryl methyl sites for hydroxylation is 2. The van der Waals surface area contributed by atoms with Gasteiger partial charge in [-0.2, -0.15) is 0 Å². The Bertz CT molecular complexity index is 847. The number of rotatable bonds is 6. The van der Waals surface area contributed by atoms with E-state index in [1.165, 1.54) is 11.1 Å².